The molecule has 0 heterocycles. The molecule has 0 aliphatic heterocycles. The van der Waals surface area contributed by atoms with Gasteiger partial charge in [-0.2, -0.15) is 0 Å². The van der Waals surface area contributed by atoms with E-state index < -0.39 is 0 Å². The zero-order valence-electron chi connectivity index (χ0n) is 11.9. The third-order valence-corrected chi connectivity index (χ3v) is 5.04. The van der Waals surface area contributed by atoms with Gasteiger partial charge in [0.25, 0.3) is 0 Å². The van der Waals surface area contributed by atoms with Crippen molar-refractivity contribution in [1.29, 1.82) is 0 Å². The molecule has 0 radical (unpaired) electrons. The van der Waals surface area contributed by atoms with Crippen LogP contribution < -0.4 is 0 Å². The van der Waals surface area contributed by atoms with Crippen molar-refractivity contribution in [2.45, 2.75) is 13.3 Å². The normalized spacial score (nSPS) is 13.3. The van der Waals surface area contributed by atoms with Crippen molar-refractivity contribution >= 4 is 32.3 Å². The third kappa shape index (κ3) is 2.04. The summed E-state index contributed by atoms with van der Waals surface area (Å²) in [6.45, 7) is 2.20. The van der Waals surface area contributed by atoms with Gasteiger partial charge in [0.15, 0.2) is 0 Å². The second kappa shape index (κ2) is 4.85. The Morgan fingerprint density at radius 3 is 2.62 bits per heavy atom. The summed E-state index contributed by atoms with van der Waals surface area (Å²) < 4.78 is 1.22. The van der Waals surface area contributed by atoms with Crippen LogP contribution in [-0.4, -0.2) is 0 Å². The first-order valence-electron chi connectivity index (χ1n) is 7.22. The smallest absolute Gasteiger partial charge is 0.0222 e. The molecule has 102 valence electrons. The molecular formula is C20H15Br. The summed E-state index contributed by atoms with van der Waals surface area (Å²) in [6, 6.07) is 19.7. The molecule has 4 rings (SSSR count). The Balaban J connectivity index is 2.00. The first-order chi connectivity index (χ1) is 10.2. The molecule has 0 amide bonds. The van der Waals surface area contributed by atoms with E-state index >= 15 is 0 Å². The lowest BCUT2D eigenvalue weighted by molar-refractivity contribution is 1.29. The third-order valence-electron chi connectivity index (χ3n) is 4.33. The van der Waals surface area contributed by atoms with Gasteiger partial charge in [-0.1, -0.05) is 64.5 Å². The van der Waals surface area contributed by atoms with E-state index in [1.807, 2.05) is 0 Å². The van der Waals surface area contributed by atoms with Crippen molar-refractivity contribution in [2.24, 2.45) is 0 Å². The van der Waals surface area contributed by atoms with Crippen LogP contribution in [0.1, 0.15) is 18.1 Å². The second-order valence-corrected chi connectivity index (χ2v) is 6.46. The lowest BCUT2D eigenvalue weighted by Gasteiger charge is -2.11. The van der Waals surface area contributed by atoms with Crippen LogP contribution in [0.15, 0.2) is 65.1 Å². The predicted molar refractivity (Wildman–Crippen MR) is 94.4 cm³/mol. The molecule has 21 heavy (non-hydrogen) atoms. The van der Waals surface area contributed by atoms with Crippen molar-refractivity contribution in [2.75, 3.05) is 0 Å². The first-order valence-corrected chi connectivity index (χ1v) is 8.01. The topological polar surface area (TPSA) is 0 Å². The average Bonchev–Trinajstić information content (AvgIpc) is 2.89. The van der Waals surface area contributed by atoms with Gasteiger partial charge in [0.2, 0.25) is 0 Å². The highest BCUT2D eigenvalue weighted by Crippen LogP contribution is 2.38. The fourth-order valence-electron chi connectivity index (χ4n) is 3.19. The van der Waals surface area contributed by atoms with Crippen LogP contribution in [0.3, 0.4) is 0 Å². The van der Waals surface area contributed by atoms with Gasteiger partial charge >= 0.3 is 0 Å². The highest BCUT2D eigenvalue weighted by atomic mass is 79.9. The van der Waals surface area contributed by atoms with Gasteiger partial charge in [-0.3, -0.25) is 0 Å². The number of hydrogen-bond acceptors (Lipinski definition) is 0. The van der Waals surface area contributed by atoms with Crippen LogP contribution in [0.25, 0.3) is 27.5 Å². The van der Waals surface area contributed by atoms with Gasteiger partial charge in [-0.25, -0.2) is 0 Å². The summed E-state index contributed by atoms with van der Waals surface area (Å²) in [4.78, 5) is 0. The summed E-state index contributed by atoms with van der Waals surface area (Å²) in [7, 11) is 0. The monoisotopic (exact) mass is 334 g/mol. The van der Waals surface area contributed by atoms with Gasteiger partial charge in [0.05, 0.1) is 0 Å². The number of rotatable bonds is 1. The Hall–Kier alpha value is -1.86. The summed E-state index contributed by atoms with van der Waals surface area (Å²) in [6.07, 6.45) is 3.35. The maximum atomic E-state index is 3.75. The molecule has 0 bridgehead atoms. The van der Waals surface area contributed by atoms with Crippen molar-refractivity contribution in [1.82, 2.24) is 0 Å². The van der Waals surface area contributed by atoms with E-state index in [1.54, 1.807) is 0 Å². The molecule has 1 aliphatic carbocycles. The van der Waals surface area contributed by atoms with Crippen molar-refractivity contribution in [3.63, 3.8) is 0 Å². The molecule has 0 saturated carbocycles. The van der Waals surface area contributed by atoms with Crippen molar-refractivity contribution < 1.29 is 0 Å². The zero-order chi connectivity index (χ0) is 14.4. The van der Waals surface area contributed by atoms with Crippen molar-refractivity contribution in [3.8, 4) is 11.1 Å². The largest absolute Gasteiger partial charge is 0.0765 e. The summed E-state index contributed by atoms with van der Waals surface area (Å²) in [5.41, 5.74) is 6.76. The van der Waals surface area contributed by atoms with Gasteiger partial charge < -0.3 is 0 Å². The predicted octanol–water partition coefficient (Wildman–Crippen LogP) is 6.23. The number of hydrogen-bond donors (Lipinski definition) is 0. The second-order valence-electron chi connectivity index (χ2n) is 5.60. The minimum atomic E-state index is 1.04. The molecule has 3 aromatic carbocycles. The Morgan fingerprint density at radius 1 is 0.905 bits per heavy atom. The van der Waals surface area contributed by atoms with Crippen LogP contribution in [0, 0.1) is 0 Å². The Kier molecular flexibility index (Phi) is 2.97. The summed E-state index contributed by atoms with van der Waals surface area (Å²) >= 11 is 3.75. The fraction of sp³-hybridized carbons (Fsp3) is 0.100. The van der Waals surface area contributed by atoms with Gasteiger partial charge in [0.1, 0.15) is 0 Å². The molecule has 0 spiro atoms. The quantitative estimate of drug-likeness (QED) is 0.494. The van der Waals surface area contributed by atoms with E-state index in [9.17, 15) is 0 Å². The standard InChI is InChI=1S/C20H15Br/c1-13-9-10-18-19(13)11-15(12-20(18)21)17-8-4-6-14-5-2-3-7-16(14)17/h2-9,11-12H,10H2,1H3. The van der Waals surface area contributed by atoms with Crippen LogP contribution >= 0.6 is 15.9 Å². The fourth-order valence-corrected chi connectivity index (χ4v) is 3.82. The molecule has 0 unspecified atom stereocenters. The van der Waals surface area contributed by atoms with E-state index in [2.05, 4.69) is 83.5 Å². The molecule has 0 atom stereocenters. The van der Waals surface area contributed by atoms with Gasteiger partial charge in [0, 0.05) is 4.47 Å². The number of allylic oxidation sites excluding steroid dienone is 2. The first kappa shape index (κ1) is 12.8. The molecule has 0 fully saturated rings. The SMILES string of the molecule is CC1=CCc2c(Br)cc(-c3cccc4ccccc34)cc21. The molecular weight excluding hydrogens is 320 g/mol. The van der Waals surface area contributed by atoms with Crippen LogP contribution in [-0.2, 0) is 6.42 Å². The lowest BCUT2D eigenvalue weighted by atomic mass is 9.95. The van der Waals surface area contributed by atoms with Crippen LogP contribution in [0.5, 0.6) is 0 Å². The molecule has 1 heteroatoms. The van der Waals surface area contributed by atoms with E-state index in [0.717, 1.165) is 6.42 Å². The minimum absolute atomic E-state index is 1.04. The highest BCUT2D eigenvalue weighted by Gasteiger charge is 2.16. The molecule has 0 saturated heterocycles. The molecule has 3 aromatic rings. The van der Waals surface area contributed by atoms with Gasteiger partial charge in [-0.15, -0.1) is 0 Å². The van der Waals surface area contributed by atoms with E-state index in [1.165, 1.54) is 43.1 Å². The number of fused-ring (bicyclic) bond motifs is 2. The Labute approximate surface area is 133 Å². The summed E-state index contributed by atoms with van der Waals surface area (Å²) in [5.74, 6) is 0. The van der Waals surface area contributed by atoms with E-state index in [4.69, 9.17) is 0 Å². The van der Waals surface area contributed by atoms with E-state index in [0.29, 0.717) is 0 Å². The zero-order valence-corrected chi connectivity index (χ0v) is 13.4. The molecule has 0 N–H and O–H groups in total. The van der Waals surface area contributed by atoms with Gasteiger partial charge in [-0.05, 0) is 64.1 Å². The average molecular weight is 335 g/mol. The number of halogens is 1. The minimum Gasteiger partial charge on any atom is -0.0765 e. The van der Waals surface area contributed by atoms with Crippen LogP contribution in [0.2, 0.25) is 0 Å². The molecule has 0 nitrogen and oxygen atoms in total. The highest BCUT2D eigenvalue weighted by molar-refractivity contribution is 9.10. The molecule has 1 aliphatic rings. The summed E-state index contributed by atoms with van der Waals surface area (Å²) in [5, 5.41) is 2.60. The lowest BCUT2D eigenvalue weighted by Crippen LogP contribution is -1.89. The maximum absolute atomic E-state index is 3.75. The van der Waals surface area contributed by atoms with Crippen molar-refractivity contribution in [3.05, 3.63) is 76.3 Å². The van der Waals surface area contributed by atoms with E-state index in [-0.39, 0.29) is 0 Å². The maximum Gasteiger partial charge on any atom is 0.0222 e. The number of benzene rings is 3. The van der Waals surface area contributed by atoms with Crippen LogP contribution in [0.4, 0.5) is 0 Å². The molecule has 0 aromatic heterocycles. The Morgan fingerprint density at radius 2 is 1.71 bits per heavy atom. The Bertz CT molecular complexity index is 882.